The van der Waals surface area contributed by atoms with E-state index in [2.05, 4.69) is 5.32 Å². The lowest BCUT2D eigenvalue weighted by Crippen LogP contribution is -2.40. The molecule has 1 heterocycles. The first kappa shape index (κ1) is 17.7. The maximum Gasteiger partial charge on any atom is 0.326 e. The summed E-state index contributed by atoms with van der Waals surface area (Å²) in [5.41, 5.74) is 0.288. The molecule has 9 heteroatoms. The number of hydrogen-bond acceptors (Lipinski definition) is 6. The normalized spacial score (nSPS) is 15.6. The second-order valence-corrected chi connectivity index (χ2v) is 5.33. The van der Waals surface area contributed by atoms with Crippen LogP contribution in [0.5, 0.6) is 0 Å². The molecular weight excluding hydrogens is 318 g/mol. The molecule has 9 nitrogen and oxygen atoms in total. The van der Waals surface area contributed by atoms with Crippen molar-refractivity contribution in [3.63, 3.8) is 0 Å². The summed E-state index contributed by atoms with van der Waals surface area (Å²) in [6.07, 6.45) is 0.217. The Labute approximate surface area is 138 Å². The smallest absolute Gasteiger partial charge is 0.326 e. The number of rotatable bonds is 6. The van der Waals surface area contributed by atoms with E-state index in [1.54, 1.807) is 6.92 Å². The molecule has 0 radical (unpaired) electrons. The van der Waals surface area contributed by atoms with Gasteiger partial charge in [-0.05, 0) is 18.6 Å². The average molecular weight is 337 g/mol. The van der Waals surface area contributed by atoms with E-state index in [4.69, 9.17) is 9.84 Å². The monoisotopic (exact) mass is 337 g/mol. The van der Waals surface area contributed by atoms with Gasteiger partial charge in [0.15, 0.2) is 0 Å². The first-order chi connectivity index (χ1) is 11.4. The summed E-state index contributed by atoms with van der Waals surface area (Å²) in [6.45, 7) is 3.65. The summed E-state index contributed by atoms with van der Waals surface area (Å²) < 4.78 is 5.23. The van der Waals surface area contributed by atoms with Crippen LogP contribution in [0, 0.1) is 10.1 Å². The Hall–Kier alpha value is -2.68. The number of carbonyl (C=O) groups is 2. The predicted octanol–water partition coefficient (Wildman–Crippen LogP) is 1.02. The number of benzene rings is 1. The number of aliphatic carboxylic acids is 1. The number of carboxylic acid groups (broad SMARTS) is 1. The Balaban J connectivity index is 2.26. The number of nitrogens with zero attached hydrogens (tertiary/aromatic N) is 2. The van der Waals surface area contributed by atoms with Gasteiger partial charge >= 0.3 is 5.97 Å². The molecule has 1 amide bonds. The molecule has 1 atom stereocenters. The van der Waals surface area contributed by atoms with E-state index in [9.17, 15) is 19.7 Å². The van der Waals surface area contributed by atoms with Gasteiger partial charge in [0.2, 0.25) is 0 Å². The molecule has 0 saturated carbocycles. The first-order valence-electron chi connectivity index (χ1n) is 7.58. The summed E-state index contributed by atoms with van der Waals surface area (Å²) in [7, 11) is 0. The number of amides is 1. The van der Waals surface area contributed by atoms with Crippen LogP contribution in [0.25, 0.3) is 0 Å². The van der Waals surface area contributed by atoms with Gasteiger partial charge in [-0.3, -0.25) is 14.9 Å². The van der Waals surface area contributed by atoms with E-state index < -0.39 is 22.8 Å². The highest BCUT2D eigenvalue weighted by molar-refractivity contribution is 5.97. The Bertz CT molecular complexity index is 642. The third kappa shape index (κ3) is 3.99. The molecule has 24 heavy (non-hydrogen) atoms. The number of hydrogen-bond donors (Lipinski definition) is 2. The lowest BCUT2D eigenvalue weighted by molar-refractivity contribution is -0.384. The minimum atomic E-state index is -1.15. The number of carbonyl (C=O) groups excluding carboxylic acids is 1. The molecule has 0 bridgehead atoms. The highest BCUT2D eigenvalue weighted by Crippen LogP contribution is 2.29. The van der Waals surface area contributed by atoms with Gasteiger partial charge in [-0.15, -0.1) is 0 Å². The Morgan fingerprint density at radius 3 is 2.62 bits per heavy atom. The van der Waals surface area contributed by atoms with Crippen molar-refractivity contribution in [1.82, 2.24) is 5.32 Å². The maximum atomic E-state index is 12.2. The number of nitro benzene ring substituents is 1. The van der Waals surface area contributed by atoms with Crippen LogP contribution in [-0.2, 0) is 9.53 Å². The summed E-state index contributed by atoms with van der Waals surface area (Å²) in [6, 6.07) is 3.12. The van der Waals surface area contributed by atoms with Gasteiger partial charge in [0, 0.05) is 24.7 Å². The lowest BCUT2D eigenvalue weighted by Gasteiger charge is -2.28. The van der Waals surface area contributed by atoms with Crippen molar-refractivity contribution < 1.29 is 24.4 Å². The van der Waals surface area contributed by atoms with Crippen molar-refractivity contribution in [3.05, 3.63) is 33.9 Å². The van der Waals surface area contributed by atoms with Crippen LogP contribution in [0.1, 0.15) is 23.7 Å². The van der Waals surface area contributed by atoms with Gasteiger partial charge < -0.3 is 20.1 Å². The van der Waals surface area contributed by atoms with E-state index in [1.807, 2.05) is 4.90 Å². The number of ether oxygens (including phenoxy) is 1. The Morgan fingerprint density at radius 1 is 1.42 bits per heavy atom. The zero-order chi connectivity index (χ0) is 17.7. The lowest BCUT2D eigenvalue weighted by atomic mass is 10.1. The van der Waals surface area contributed by atoms with Gasteiger partial charge in [-0.2, -0.15) is 0 Å². The number of nitrogens with one attached hydrogen (secondary N) is 1. The summed E-state index contributed by atoms with van der Waals surface area (Å²) >= 11 is 0. The molecule has 1 aliphatic heterocycles. The van der Waals surface area contributed by atoms with Crippen LogP contribution in [-0.4, -0.2) is 54.3 Å². The van der Waals surface area contributed by atoms with Crippen LogP contribution in [0.4, 0.5) is 11.4 Å². The fraction of sp³-hybridized carbons (Fsp3) is 0.467. The van der Waals surface area contributed by atoms with E-state index in [-0.39, 0.29) is 17.7 Å². The number of carboxylic acids is 1. The molecule has 1 fully saturated rings. The van der Waals surface area contributed by atoms with Crippen LogP contribution in [0.2, 0.25) is 0 Å². The zero-order valence-electron chi connectivity index (χ0n) is 13.2. The van der Waals surface area contributed by atoms with Crippen molar-refractivity contribution in [2.24, 2.45) is 0 Å². The van der Waals surface area contributed by atoms with Crippen molar-refractivity contribution in [1.29, 1.82) is 0 Å². The van der Waals surface area contributed by atoms with E-state index >= 15 is 0 Å². The van der Waals surface area contributed by atoms with E-state index in [1.165, 1.54) is 18.2 Å². The summed E-state index contributed by atoms with van der Waals surface area (Å²) in [5, 5.41) is 22.7. The predicted molar refractivity (Wildman–Crippen MR) is 85.3 cm³/mol. The van der Waals surface area contributed by atoms with Gasteiger partial charge in [0.05, 0.1) is 18.1 Å². The highest BCUT2D eigenvalue weighted by atomic mass is 16.6. The highest BCUT2D eigenvalue weighted by Gasteiger charge is 2.25. The third-order valence-electron chi connectivity index (χ3n) is 3.80. The van der Waals surface area contributed by atoms with Gasteiger partial charge in [-0.1, -0.05) is 6.92 Å². The first-order valence-corrected chi connectivity index (χ1v) is 7.58. The summed E-state index contributed by atoms with van der Waals surface area (Å²) in [5.74, 6) is -1.80. The topological polar surface area (TPSA) is 122 Å². The molecule has 130 valence electrons. The second-order valence-electron chi connectivity index (χ2n) is 5.33. The summed E-state index contributed by atoms with van der Waals surface area (Å²) in [4.78, 5) is 35.8. The van der Waals surface area contributed by atoms with Crippen LogP contribution >= 0.6 is 0 Å². The molecule has 1 aromatic carbocycles. The molecule has 1 aromatic rings. The molecule has 0 aliphatic carbocycles. The van der Waals surface area contributed by atoms with Gasteiger partial charge in [0.1, 0.15) is 11.7 Å². The molecule has 2 rings (SSSR count). The molecule has 0 aromatic heterocycles. The third-order valence-corrected chi connectivity index (χ3v) is 3.80. The molecule has 0 unspecified atom stereocenters. The molecule has 0 spiro atoms. The SMILES string of the molecule is CC[C@@H](NC(=O)c1ccc(N2CCOCC2)c([N+](=O)[O-])c1)C(=O)O. The number of anilines is 1. The molecular formula is C15H19N3O6. The van der Waals surface area contributed by atoms with Gasteiger partial charge in [0.25, 0.3) is 11.6 Å². The van der Waals surface area contributed by atoms with Crippen LogP contribution in [0.3, 0.4) is 0 Å². The Morgan fingerprint density at radius 2 is 2.08 bits per heavy atom. The molecule has 2 N–H and O–H groups in total. The van der Waals surface area contributed by atoms with Gasteiger partial charge in [-0.25, -0.2) is 4.79 Å². The minimum absolute atomic E-state index is 0.0541. The fourth-order valence-corrected chi connectivity index (χ4v) is 2.46. The zero-order valence-corrected chi connectivity index (χ0v) is 13.2. The van der Waals surface area contributed by atoms with E-state index in [0.717, 1.165) is 0 Å². The van der Waals surface area contributed by atoms with Crippen molar-refractivity contribution in [2.75, 3.05) is 31.2 Å². The standard InChI is InChI=1S/C15H19N3O6/c1-2-11(15(20)21)16-14(19)10-3-4-12(13(9-10)18(22)23)17-5-7-24-8-6-17/h3-4,9,11H,2,5-8H2,1H3,(H,16,19)(H,20,21)/t11-/m1/s1. The second kappa shape index (κ2) is 7.73. The molecule has 1 aliphatic rings. The number of morpholine rings is 1. The molecule has 1 saturated heterocycles. The largest absolute Gasteiger partial charge is 0.480 e. The average Bonchev–Trinajstić information content (AvgIpc) is 2.59. The van der Waals surface area contributed by atoms with Crippen LogP contribution in [0.15, 0.2) is 18.2 Å². The van der Waals surface area contributed by atoms with Crippen molar-refractivity contribution in [3.8, 4) is 0 Å². The van der Waals surface area contributed by atoms with Crippen molar-refractivity contribution >= 4 is 23.3 Å². The van der Waals surface area contributed by atoms with E-state index in [0.29, 0.717) is 32.0 Å². The van der Waals surface area contributed by atoms with Crippen molar-refractivity contribution in [2.45, 2.75) is 19.4 Å². The minimum Gasteiger partial charge on any atom is -0.480 e. The fourth-order valence-electron chi connectivity index (χ4n) is 2.46. The maximum absolute atomic E-state index is 12.2. The quantitative estimate of drug-likeness (QED) is 0.587. The Kier molecular flexibility index (Phi) is 5.69. The number of nitro groups is 1. The van der Waals surface area contributed by atoms with Crippen LogP contribution < -0.4 is 10.2 Å².